The standard InChI is InChI=1S/C67H112O14/c1-3-5-7-9-11-13-15-17-19-21-23-25-27-29-31-33-35-37-39-41-43-45-47-49-51-76-53-56(54-77-66-65(75)63(73)61(71)58(81-66)55-78-67-64(74)62(72)60(70)57(52-68)80-67)79-59(69)50-48-46-44-42-40-38-36-34-32-30-28-26-24-22-20-18-16-14-12-10-8-6-4-2/h6,8,12,14-15,17-18,20-21,23-24,26-27,29-30,32,36,38,56-58,60-68,70-75H,3-5,7,9-11,13,16,19,22,25,28,31,33-35,37,39-55H2,1-2H3/b8-6-,14-12-,17-15-,20-18-,23-21-,26-24-,29-27-,32-30-,38-36-. The molecular formula is C67H112O14. The quantitative estimate of drug-likeness (QED) is 0.0172. The van der Waals surface area contributed by atoms with Gasteiger partial charge in [-0.3, -0.25) is 4.79 Å². The Labute approximate surface area is 489 Å². The van der Waals surface area contributed by atoms with E-state index in [4.69, 9.17) is 28.4 Å². The summed E-state index contributed by atoms with van der Waals surface area (Å²) in [5.41, 5.74) is 0. The summed E-state index contributed by atoms with van der Waals surface area (Å²) in [7, 11) is 0. The zero-order valence-electron chi connectivity index (χ0n) is 50.0. The Balaban J connectivity index is 1.71. The van der Waals surface area contributed by atoms with E-state index in [2.05, 4.69) is 123 Å². The topological polar surface area (TPSA) is 214 Å². The Bertz CT molecular complexity index is 1750. The van der Waals surface area contributed by atoms with Crippen LogP contribution in [0.4, 0.5) is 0 Å². The molecule has 0 bridgehead atoms. The van der Waals surface area contributed by atoms with Crippen molar-refractivity contribution in [3.05, 3.63) is 109 Å². The first-order valence-electron chi connectivity index (χ1n) is 31.5. The van der Waals surface area contributed by atoms with Gasteiger partial charge in [-0.2, -0.15) is 0 Å². The summed E-state index contributed by atoms with van der Waals surface area (Å²) in [6, 6.07) is 0. The third-order valence-electron chi connectivity index (χ3n) is 14.3. The van der Waals surface area contributed by atoms with Gasteiger partial charge in [0, 0.05) is 13.0 Å². The number of carbonyl (C=O) groups is 1. The number of esters is 1. The fourth-order valence-corrected chi connectivity index (χ4v) is 9.24. The SMILES string of the molecule is CC/C=C\C/C=C\C/C=C\C/C=C\C/C=C\C/C=C\CCCCCCC(=O)OC(COCCCCCCCCCCC/C=C\C/C=C\C/C=C\CCCCCCC)COC1OC(COC2OC(CO)C(O)C(O)C2O)C(O)C(O)C1O. The number of hydrogen-bond acceptors (Lipinski definition) is 14. The lowest BCUT2D eigenvalue weighted by atomic mass is 9.98. The maximum Gasteiger partial charge on any atom is 0.306 e. The second kappa shape index (κ2) is 52.2. The summed E-state index contributed by atoms with van der Waals surface area (Å²) in [6.07, 6.45) is 55.7. The van der Waals surface area contributed by atoms with E-state index in [0.717, 1.165) is 103 Å². The monoisotopic (exact) mass is 1140 g/mol. The number of rotatable bonds is 50. The van der Waals surface area contributed by atoms with Crippen molar-refractivity contribution in [2.45, 2.75) is 274 Å². The van der Waals surface area contributed by atoms with Gasteiger partial charge in [0.1, 0.15) is 54.9 Å². The lowest BCUT2D eigenvalue weighted by Crippen LogP contribution is -2.61. The van der Waals surface area contributed by atoms with Crippen LogP contribution in [0.15, 0.2) is 109 Å². The van der Waals surface area contributed by atoms with Gasteiger partial charge in [-0.25, -0.2) is 0 Å². The molecule has 464 valence electrons. The highest BCUT2D eigenvalue weighted by molar-refractivity contribution is 5.69. The Morgan fingerprint density at radius 2 is 0.802 bits per heavy atom. The van der Waals surface area contributed by atoms with Crippen LogP contribution < -0.4 is 0 Å². The Hall–Kier alpha value is -3.35. The molecule has 0 aromatic heterocycles. The van der Waals surface area contributed by atoms with Gasteiger partial charge in [-0.15, -0.1) is 0 Å². The summed E-state index contributed by atoms with van der Waals surface area (Å²) in [5, 5.41) is 72.5. The maximum absolute atomic E-state index is 13.1. The first kappa shape index (κ1) is 73.8. The Kier molecular flexibility index (Phi) is 47.5. The largest absolute Gasteiger partial charge is 0.457 e. The molecule has 0 aromatic rings. The van der Waals surface area contributed by atoms with Gasteiger partial charge in [-0.1, -0.05) is 207 Å². The molecule has 0 amide bonds. The van der Waals surface area contributed by atoms with Gasteiger partial charge in [0.05, 0.1) is 26.4 Å². The molecule has 14 heteroatoms. The molecule has 2 rings (SSSR count). The van der Waals surface area contributed by atoms with E-state index in [-0.39, 0.29) is 19.6 Å². The smallest absolute Gasteiger partial charge is 0.306 e. The molecule has 2 fully saturated rings. The summed E-state index contributed by atoms with van der Waals surface area (Å²) in [6.45, 7) is 3.51. The second-order valence-corrected chi connectivity index (χ2v) is 21.5. The molecule has 0 spiro atoms. The molecular weight excluding hydrogens is 1030 g/mol. The number of ether oxygens (including phenoxy) is 6. The van der Waals surface area contributed by atoms with Crippen LogP contribution >= 0.6 is 0 Å². The van der Waals surface area contributed by atoms with Crippen LogP contribution in [0.25, 0.3) is 0 Å². The first-order valence-corrected chi connectivity index (χ1v) is 31.5. The fourth-order valence-electron chi connectivity index (χ4n) is 9.24. The summed E-state index contributed by atoms with van der Waals surface area (Å²) >= 11 is 0. The molecule has 11 unspecified atom stereocenters. The molecule has 2 aliphatic heterocycles. The van der Waals surface area contributed by atoms with Crippen molar-refractivity contribution in [3.63, 3.8) is 0 Å². The van der Waals surface area contributed by atoms with Gasteiger partial charge in [0.2, 0.25) is 0 Å². The summed E-state index contributed by atoms with van der Waals surface area (Å²) < 4.78 is 34.4. The number of allylic oxidation sites excluding steroid dienone is 18. The normalized spacial score (nSPS) is 24.5. The minimum atomic E-state index is -1.72. The van der Waals surface area contributed by atoms with E-state index < -0.39 is 86.7 Å². The average Bonchev–Trinajstić information content (AvgIpc) is 3.46. The number of carbonyl (C=O) groups excluding carboxylic acids is 1. The molecule has 14 nitrogen and oxygen atoms in total. The molecule has 11 atom stereocenters. The second-order valence-electron chi connectivity index (χ2n) is 21.5. The van der Waals surface area contributed by atoms with Crippen LogP contribution in [0, 0.1) is 0 Å². The van der Waals surface area contributed by atoms with Crippen molar-refractivity contribution in [3.8, 4) is 0 Å². The minimum Gasteiger partial charge on any atom is -0.457 e. The zero-order chi connectivity index (χ0) is 58.6. The van der Waals surface area contributed by atoms with Crippen molar-refractivity contribution in [2.24, 2.45) is 0 Å². The van der Waals surface area contributed by atoms with Crippen molar-refractivity contribution < 1.29 is 69.0 Å². The van der Waals surface area contributed by atoms with Crippen LogP contribution in [-0.2, 0) is 33.2 Å². The lowest BCUT2D eigenvalue weighted by Gasteiger charge is -2.42. The Morgan fingerprint density at radius 3 is 1.26 bits per heavy atom. The van der Waals surface area contributed by atoms with Crippen molar-refractivity contribution in [1.29, 1.82) is 0 Å². The fraction of sp³-hybridized carbons (Fsp3) is 0.716. The van der Waals surface area contributed by atoms with Gasteiger partial charge < -0.3 is 64.2 Å². The molecule has 81 heavy (non-hydrogen) atoms. The van der Waals surface area contributed by atoms with Crippen molar-refractivity contribution in [2.75, 3.05) is 33.0 Å². The van der Waals surface area contributed by atoms with Crippen LogP contribution in [0.1, 0.15) is 206 Å². The number of hydrogen-bond donors (Lipinski definition) is 7. The van der Waals surface area contributed by atoms with Crippen LogP contribution in [0.2, 0.25) is 0 Å². The van der Waals surface area contributed by atoms with Crippen LogP contribution in [-0.4, -0.2) is 142 Å². The van der Waals surface area contributed by atoms with E-state index in [9.17, 15) is 40.5 Å². The lowest BCUT2D eigenvalue weighted by molar-refractivity contribution is -0.332. The predicted octanol–water partition coefficient (Wildman–Crippen LogP) is 12.3. The van der Waals surface area contributed by atoms with E-state index in [0.29, 0.717) is 13.0 Å². The highest BCUT2D eigenvalue weighted by Crippen LogP contribution is 2.27. The molecule has 0 radical (unpaired) electrons. The first-order chi connectivity index (χ1) is 39.6. The molecule has 2 saturated heterocycles. The van der Waals surface area contributed by atoms with E-state index in [1.165, 1.54) is 77.0 Å². The predicted molar refractivity (Wildman–Crippen MR) is 325 cm³/mol. The molecule has 0 aromatic carbocycles. The van der Waals surface area contributed by atoms with E-state index in [1.54, 1.807) is 0 Å². The molecule has 2 heterocycles. The zero-order valence-corrected chi connectivity index (χ0v) is 50.0. The van der Waals surface area contributed by atoms with Crippen LogP contribution in [0.5, 0.6) is 0 Å². The number of aliphatic hydroxyl groups excluding tert-OH is 7. The van der Waals surface area contributed by atoms with E-state index in [1.807, 2.05) is 0 Å². The minimum absolute atomic E-state index is 0.0399. The summed E-state index contributed by atoms with van der Waals surface area (Å²) in [5.74, 6) is -0.405. The van der Waals surface area contributed by atoms with Gasteiger partial charge in [0.25, 0.3) is 0 Å². The maximum atomic E-state index is 13.1. The van der Waals surface area contributed by atoms with Crippen molar-refractivity contribution in [1.82, 2.24) is 0 Å². The van der Waals surface area contributed by atoms with Gasteiger partial charge in [0.15, 0.2) is 12.6 Å². The highest BCUT2D eigenvalue weighted by atomic mass is 16.7. The number of aliphatic hydroxyl groups is 7. The number of unbranched alkanes of at least 4 members (excludes halogenated alkanes) is 18. The average molecular weight is 1140 g/mol. The third-order valence-corrected chi connectivity index (χ3v) is 14.3. The molecule has 0 aliphatic carbocycles. The molecule has 7 N–H and O–H groups in total. The van der Waals surface area contributed by atoms with Gasteiger partial charge in [-0.05, 0) is 103 Å². The van der Waals surface area contributed by atoms with Crippen LogP contribution in [0.3, 0.4) is 0 Å². The third kappa shape index (κ3) is 38.3. The highest BCUT2D eigenvalue weighted by Gasteiger charge is 2.47. The molecule has 0 saturated carbocycles. The van der Waals surface area contributed by atoms with Crippen molar-refractivity contribution >= 4 is 5.97 Å². The van der Waals surface area contributed by atoms with E-state index >= 15 is 0 Å². The summed E-state index contributed by atoms with van der Waals surface area (Å²) in [4.78, 5) is 13.1. The Morgan fingerprint density at radius 1 is 0.420 bits per heavy atom. The molecule has 2 aliphatic rings. The van der Waals surface area contributed by atoms with Gasteiger partial charge >= 0.3 is 5.97 Å².